The minimum Gasteiger partial charge on any atom is -0.485 e. The molecule has 1 aromatic carbocycles. The van der Waals surface area contributed by atoms with Gasteiger partial charge >= 0.3 is 11.9 Å². The summed E-state index contributed by atoms with van der Waals surface area (Å²) in [5.41, 5.74) is -0.605. The first-order valence-corrected chi connectivity index (χ1v) is 9.83. The second-order valence-electron chi connectivity index (χ2n) is 7.59. The van der Waals surface area contributed by atoms with Crippen LogP contribution in [0.3, 0.4) is 0 Å². The molecule has 0 N–H and O–H groups in total. The van der Waals surface area contributed by atoms with Crippen molar-refractivity contribution in [3.05, 3.63) is 40.9 Å². The fourth-order valence-electron chi connectivity index (χ4n) is 2.33. The summed E-state index contributed by atoms with van der Waals surface area (Å²) in [5, 5.41) is 0.858. The number of ether oxygens (including phenoxy) is 3. The Labute approximate surface area is 176 Å². The van der Waals surface area contributed by atoms with Crippen molar-refractivity contribution in [2.75, 3.05) is 0 Å². The smallest absolute Gasteiger partial charge is 0.309 e. The van der Waals surface area contributed by atoms with Crippen LogP contribution in [0.15, 0.2) is 30.9 Å². The summed E-state index contributed by atoms with van der Waals surface area (Å²) in [4.78, 5) is 24.4. The van der Waals surface area contributed by atoms with Crippen molar-refractivity contribution in [2.45, 2.75) is 65.3 Å². The van der Waals surface area contributed by atoms with Gasteiger partial charge in [-0.25, -0.2) is 0 Å². The number of hydrogen-bond donors (Lipinski definition) is 0. The average Bonchev–Trinajstić information content (AvgIpc) is 2.54. The minimum atomic E-state index is -0.645. The molecule has 0 aliphatic heterocycles. The van der Waals surface area contributed by atoms with Gasteiger partial charge in [0.1, 0.15) is 23.6 Å². The molecule has 0 amide bonds. The lowest BCUT2D eigenvalue weighted by Crippen LogP contribution is -2.35. The molecular formula is C21H28Cl2O5. The van der Waals surface area contributed by atoms with Gasteiger partial charge < -0.3 is 14.2 Å². The zero-order valence-electron chi connectivity index (χ0n) is 17.0. The van der Waals surface area contributed by atoms with Crippen molar-refractivity contribution in [3.63, 3.8) is 0 Å². The predicted octanol–water partition coefficient (Wildman–Crippen LogP) is 5.62. The van der Waals surface area contributed by atoms with Crippen LogP contribution in [0.4, 0.5) is 0 Å². The Bertz CT molecular complexity index is 697. The van der Waals surface area contributed by atoms with E-state index in [0.29, 0.717) is 22.2 Å². The van der Waals surface area contributed by atoms with E-state index in [4.69, 9.17) is 37.4 Å². The van der Waals surface area contributed by atoms with Crippen LogP contribution in [0.25, 0.3) is 0 Å². The Hall–Kier alpha value is -1.72. The summed E-state index contributed by atoms with van der Waals surface area (Å²) < 4.78 is 16.7. The Morgan fingerprint density at radius 2 is 1.86 bits per heavy atom. The fourth-order valence-corrected chi connectivity index (χ4v) is 2.78. The van der Waals surface area contributed by atoms with Gasteiger partial charge in [-0.05, 0) is 45.9 Å². The standard InChI is InChI=1S/C21H28Cl2O5/c1-7-8-17(14(3)26-18-10-9-15(22)12-16(18)23)27-20(25)13(2)11-19(24)28-21(4,5)6/h7,9-10,12-14,17H,1,8,11H2,2-6H3/t13-,14+,17-/m1/s1. The monoisotopic (exact) mass is 430 g/mol. The topological polar surface area (TPSA) is 61.8 Å². The summed E-state index contributed by atoms with van der Waals surface area (Å²) in [6.45, 7) is 12.4. The summed E-state index contributed by atoms with van der Waals surface area (Å²) in [6, 6.07) is 4.88. The molecular weight excluding hydrogens is 403 g/mol. The van der Waals surface area contributed by atoms with Crippen LogP contribution in [0.2, 0.25) is 10.0 Å². The van der Waals surface area contributed by atoms with Crippen LogP contribution in [-0.2, 0) is 19.1 Å². The van der Waals surface area contributed by atoms with E-state index >= 15 is 0 Å². The van der Waals surface area contributed by atoms with E-state index in [2.05, 4.69) is 6.58 Å². The molecule has 1 aromatic rings. The molecule has 0 heterocycles. The number of carbonyl (C=O) groups is 2. The second-order valence-corrected chi connectivity index (χ2v) is 8.43. The zero-order valence-corrected chi connectivity index (χ0v) is 18.5. The largest absolute Gasteiger partial charge is 0.485 e. The molecule has 0 saturated heterocycles. The third-order valence-electron chi connectivity index (χ3n) is 3.69. The van der Waals surface area contributed by atoms with Crippen LogP contribution >= 0.6 is 23.2 Å². The van der Waals surface area contributed by atoms with Gasteiger partial charge in [0.15, 0.2) is 0 Å². The highest BCUT2D eigenvalue weighted by atomic mass is 35.5. The fraction of sp³-hybridized carbons (Fsp3) is 0.524. The van der Waals surface area contributed by atoms with Crippen molar-refractivity contribution in [1.82, 2.24) is 0 Å². The van der Waals surface area contributed by atoms with Crippen LogP contribution in [0, 0.1) is 5.92 Å². The molecule has 3 atom stereocenters. The lowest BCUT2D eigenvalue weighted by molar-refractivity contribution is -0.165. The van der Waals surface area contributed by atoms with E-state index in [1.54, 1.807) is 58.9 Å². The van der Waals surface area contributed by atoms with Crippen LogP contribution < -0.4 is 4.74 Å². The van der Waals surface area contributed by atoms with E-state index in [1.165, 1.54) is 0 Å². The number of halogens is 2. The summed E-state index contributed by atoms with van der Waals surface area (Å²) in [6.07, 6.45) is 0.888. The van der Waals surface area contributed by atoms with Crippen molar-refractivity contribution < 1.29 is 23.8 Å². The van der Waals surface area contributed by atoms with Gasteiger partial charge in [-0.1, -0.05) is 36.2 Å². The molecule has 7 heteroatoms. The van der Waals surface area contributed by atoms with Gasteiger partial charge in [0, 0.05) is 11.4 Å². The first kappa shape index (κ1) is 24.3. The van der Waals surface area contributed by atoms with Crippen LogP contribution in [-0.4, -0.2) is 29.7 Å². The second kappa shape index (κ2) is 10.7. The van der Waals surface area contributed by atoms with Crippen molar-refractivity contribution in [3.8, 4) is 5.75 Å². The molecule has 0 aliphatic carbocycles. The first-order valence-electron chi connectivity index (χ1n) is 9.08. The Morgan fingerprint density at radius 1 is 1.21 bits per heavy atom. The third-order valence-corrected chi connectivity index (χ3v) is 4.22. The summed E-state index contributed by atoms with van der Waals surface area (Å²) >= 11 is 12.0. The lowest BCUT2D eigenvalue weighted by Gasteiger charge is -2.26. The van der Waals surface area contributed by atoms with E-state index < -0.39 is 35.7 Å². The van der Waals surface area contributed by atoms with Crippen molar-refractivity contribution >= 4 is 35.1 Å². The van der Waals surface area contributed by atoms with E-state index in [-0.39, 0.29) is 6.42 Å². The van der Waals surface area contributed by atoms with Gasteiger partial charge in [0.05, 0.1) is 17.4 Å². The molecule has 0 radical (unpaired) electrons. The maximum Gasteiger partial charge on any atom is 0.309 e. The average molecular weight is 431 g/mol. The molecule has 0 aliphatic rings. The van der Waals surface area contributed by atoms with E-state index in [1.807, 2.05) is 0 Å². The highest BCUT2D eigenvalue weighted by Crippen LogP contribution is 2.29. The Balaban J connectivity index is 2.72. The summed E-state index contributed by atoms with van der Waals surface area (Å²) in [7, 11) is 0. The third kappa shape index (κ3) is 8.53. The predicted molar refractivity (Wildman–Crippen MR) is 111 cm³/mol. The van der Waals surface area contributed by atoms with Crippen molar-refractivity contribution in [1.29, 1.82) is 0 Å². The van der Waals surface area contributed by atoms with E-state index in [0.717, 1.165) is 0 Å². The molecule has 0 bridgehead atoms. The number of carbonyl (C=O) groups excluding carboxylic acids is 2. The van der Waals surface area contributed by atoms with Gasteiger partial charge in [0.25, 0.3) is 0 Å². The molecule has 5 nitrogen and oxygen atoms in total. The van der Waals surface area contributed by atoms with Crippen molar-refractivity contribution in [2.24, 2.45) is 5.92 Å². The maximum atomic E-state index is 12.4. The number of hydrogen-bond acceptors (Lipinski definition) is 5. The molecule has 0 spiro atoms. The SMILES string of the molecule is C=CC[C@@H](OC(=O)[C@H](C)CC(=O)OC(C)(C)C)[C@H](C)Oc1ccc(Cl)cc1Cl. The summed E-state index contributed by atoms with van der Waals surface area (Å²) in [5.74, 6) is -1.16. The zero-order chi connectivity index (χ0) is 21.5. The Kier molecular flexibility index (Phi) is 9.31. The maximum absolute atomic E-state index is 12.4. The number of rotatable bonds is 9. The molecule has 0 fully saturated rings. The molecule has 0 saturated carbocycles. The number of esters is 2. The van der Waals surface area contributed by atoms with Crippen LogP contribution in [0.5, 0.6) is 5.75 Å². The van der Waals surface area contributed by atoms with Gasteiger partial charge in [-0.2, -0.15) is 0 Å². The van der Waals surface area contributed by atoms with Gasteiger partial charge in [-0.3, -0.25) is 9.59 Å². The highest BCUT2D eigenvalue weighted by Gasteiger charge is 2.28. The quantitative estimate of drug-likeness (QED) is 0.375. The van der Waals surface area contributed by atoms with Crippen LogP contribution in [0.1, 0.15) is 47.5 Å². The van der Waals surface area contributed by atoms with Gasteiger partial charge in [-0.15, -0.1) is 6.58 Å². The first-order chi connectivity index (χ1) is 12.9. The normalized spacial score (nSPS) is 14.5. The lowest BCUT2D eigenvalue weighted by atomic mass is 10.1. The molecule has 0 aromatic heterocycles. The number of benzene rings is 1. The highest BCUT2D eigenvalue weighted by molar-refractivity contribution is 6.35. The molecule has 156 valence electrons. The minimum absolute atomic E-state index is 0.0604. The molecule has 1 rings (SSSR count). The molecule has 28 heavy (non-hydrogen) atoms. The molecule has 0 unspecified atom stereocenters. The van der Waals surface area contributed by atoms with E-state index in [9.17, 15) is 9.59 Å². The van der Waals surface area contributed by atoms with Gasteiger partial charge in [0.2, 0.25) is 0 Å². The Morgan fingerprint density at radius 3 is 2.39 bits per heavy atom.